The van der Waals surface area contributed by atoms with E-state index in [1.807, 2.05) is 36.4 Å². The van der Waals surface area contributed by atoms with Gasteiger partial charge < -0.3 is 9.47 Å². The molecule has 0 amide bonds. The molecule has 0 aromatic heterocycles. The molecule has 1 aromatic rings. The van der Waals surface area contributed by atoms with Gasteiger partial charge in [-0.1, -0.05) is 55.8 Å². The second kappa shape index (κ2) is 11.9. The van der Waals surface area contributed by atoms with Gasteiger partial charge in [-0.15, -0.1) is 0 Å². The molecule has 2 atom stereocenters. The maximum atomic E-state index is 12.5. The largest absolute Gasteiger partial charge is 0.461 e. The number of esters is 1. The topological polar surface area (TPSA) is 78.9 Å². The Kier molecular flexibility index (Phi) is 10.3. The summed E-state index contributed by atoms with van der Waals surface area (Å²) < 4.78 is 39.7. The minimum absolute atomic E-state index is 0.163. The maximum absolute atomic E-state index is 12.5. The average Bonchev–Trinajstić information content (AvgIpc) is 2.56. The Bertz CT molecular complexity index is 682. The minimum atomic E-state index is -3.80. The van der Waals surface area contributed by atoms with Crippen molar-refractivity contribution in [1.29, 1.82) is 0 Å². The molecule has 1 rings (SSSR count). The fraction of sp³-hybridized carbons (Fsp3) is 0.550. The zero-order valence-electron chi connectivity index (χ0n) is 16.5. The summed E-state index contributed by atoms with van der Waals surface area (Å²) in [6, 6.07) is 9.20. The first-order chi connectivity index (χ1) is 12.7. The first-order valence-corrected chi connectivity index (χ1v) is 10.9. The van der Waals surface area contributed by atoms with E-state index >= 15 is 0 Å². The van der Waals surface area contributed by atoms with E-state index in [1.54, 1.807) is 19.9 Å². The van der Waals surface area contributed by atoms with Gasteiger partial charge in [-0.05, 0) is 25.8 Å². The SMILES string of the molecule is CCC/C=C/COC(C(=O)OC(C)C)C(Cc1ccccc1)OS(C)(=O)=O. The number of rotatable bonds is 12. The molecule has 0 aliphatic heterocycles. The number of unbranched alkanes of at least 4 members (excludes halogenated alkanes) is 1. The number of ether oxygens (including phenoxy) is 2. The molecule has 1 aromatic carbocycles. The quantitative estimate of drug-likeness (QED) is 0.305. The third-order valence-corrected chi connectivity index (χ3v) is 4.09. The van der Waals surface area contributed by atoms with E-state index in [2.05, 4.69) is 6.92 Å². The second-order valence-corrected chi connectivity index (χ2v) is 8.13. The van der Waals surface area contributed by atoms with Crippen LogP contribution >= 0.6 is 0 Å². The fourth-order valence-electron chi connectivity index (χ4n) is 2.40. The van der Waals surface area contributed by atoms with Gasteiger partial charge in [0.05, 0.1) is 19.0 Å². The summed E-state index contributed by atoms with van der Waals surface area (Å²) in [5, 5.41) is 0. The van der Waals surface area contributed by atoms with E-state index in [0.29, 0.717) is 0 Å². The maximum Gasteiger partial charge on any atom is 0.338 e. The highest BCUT2D eigenvalue weighted by atomic mass is 32.2. The molecule has 6 nitrogen and oxygen atoms in total. The van der Waals surface area contributed by atoms with Crippen molar-refractivity contribution in [2.75, 3.05) is 12.9 Å². The van der Waals surface area contributed by atoms with Gasteiger partial charge >= 0.3 is 5.97 Å². The van der Waals surface area contributed by atoms with Crippen molar-refractivity contribution < 1.29 is 26.9 Å². The molecule has 0 heterocycles. The van der Waals surface area contributed by atoms with Crippen LogP contribution in [0.3, 0.4) is 0 Å². The van der Waals surface area contributed by atoms with Gasteiger partial charge in [0.15, 0.2) is 6.10 Å². The van der Waals surface area contributed by atoms with Crippen molar-refractivity contribution in [3.63, 3.8) is 0 Å². The second-order valence-electron chi connectivity index (χ2n) is 6.53. The van der Waals surface area contributed by atoms with Crippen LogP contribution in [-0.4, -0.2) is 45.6 Å². The van der Waals surface area contributed by atoms with Crippen molar-refractivity contribution in [2.24, 2.45) is 0 Å². The highest BCUT2D eigenvalue weighted by molar-refractivity contribution is 7.86. The summed E-state index contributed by atoms with van der Waals surface area (Å²) in [4.78, 5) is 12.5. The number of hydrogen-bond donors (Lipinski definition) is 0. The molecule has 0 spiro atoms. The Morgan fingerprint density at radius 1 is 1.15 bits per heavy atom. The molecule has 27 heavy (non-hydrogen) atoms. The Balaban J connectivity index is 3.03. The van der Waals surface area contributed by atoms with Gasteiger partial charge in [-0.25, -0.2) is 4.79 Å². The van der Waals surface area contributed by atoms with Crippen LogP contribution in [0.1, 0.15) is 39.2 Å². The van der Waals surface area contributed by atoms with Crippen molar-refractivity contribution in [1.82, 2.24) is 0 Å². The molecule has 0 saturated heterocycles. The summed E-state index contributed by atoms with van der Waals surface area (Å²) in [6.45, 7) is 5.67. The van der Waals surface area contributed by atoms with Gasteiger partial charge in [0, 0.05) is 6.42 Å². The molecule has 0 radical (unpaired) electrons. The van der Waals surface area contributed by atoms with Crippen molar-refractivity contribution in [2.45, 2.75) is 58.3 Å². The Morgan fingerprint density at radius 3 is 2.37 bits per heavy atom. The number of carbonyl (C=O) groups is 1. The van der Waals surface area contributed by atoms with Crippen LogP contribution < -0.4 is 0 Å². The number of carbonyl (C=O) groups excluding carboxylic acids is 1. The lowest BCUT2D eigenvalue weighted by atomic mass is 10.0. The van der Waals surface area contributed by atoms with Crippen molar-refractivity contribution in [3.8, 4) is 0 Å². The number of hydrogen-bond acceptors (Lipinski definition) is 6. The van der Waals surface area contributed by atoms with Crippen LogP contribution in [0.15, 0.2) is 42.5 Å². The highest BCUT2D eigenvalue weighted by Crippen LogP contribution is 2.17. The predicted octanol–water partition coefficient (Wildman–Crippen LogP) is 3.27. The van der Waals surface area contributed by atoms with E-state index in [0.717, 1.165) is 24.7 Å². The number of allylic oxidation sites excluding steroid dienone is 1. The van der Waals surface area contributed by atoms with Gasteiger partial charge in [0.25, 0.3) is 10.1 Å². The fourth-order valence-corrected chi connectivity index (χ4v) is 3.02. The van der Waals surface area contributed by atoms with Gasteiger partial charge in [0.2, 0.25) is 0 Å². The molecule has 0 aliphatic carbocycles. The minimum Gasteiger partial charge on any atom is -0.461 e. The molecule has 0 saturated carbocycles. The zero-order valence-corrected chi connectivity index (χ0v) is 17.3. The molecule has 0 aliphatic rings. The standard InChI is InChI=1S/C20H30O6S/c1-5-6-7-11-14-24-19(20(21)25-16(2)3)18(26-27(4,22)23)15-17-12-9-8-10-13-17/h7-13,16,18-19H,5-6,14-15H2,1-4H3/b11-7+. The molecular weight excluding hydrogens is 368 g/mol. The van der Waals surface area contributed by atoms with E-state index < -0.39 is 28.3 Å². The molecular formula is C20H30O6S. The van der Waals surface area contributed by atoms with Gasteiger partial charge in [-0.3, -0.25) is 4.18 Å². The lowest BCUT2D eigenvalue weighted by Crippen LogP contribution is -2.43. The third kappa shape index (κ3) is 10.3. The normalized spacial score (nSPS) is 14.4. The zero-order chi connectivity index (χ0) is 20.3. The van der Waals surface area contributed by atoms with Crippen LogP contribution in [0, 0.1) is 0 Å². The van der Waals surface area contributed by atoms with Gasteiger partial charge in [0.1, 0.15) is 6.10 Å². The third-order valence-electron chi connectivity index (χ3n) is 3.49. The Morgan fingerprint density at radius 2 is 1.81 bits per heavy atom. The van der Waals surface area contributed by atoms with E-state index in [1.165, 1.54) is 0 Å². The van der Waals surface area contributed by atoms with E-state index in [4.69, 9.17) is 13.7 Å². The molecule has 2 unspecified atom stereocenters. The van der Waals surface area contributed by atoms with Gasteiger partial charge in [-0.2, -0.15) is 8.42 Å². The summed E-state index contributed by atoms with van der Waals surface area (Å²) >= 11 is 0. The smallest absolute Gasteiger partial charge is 0.338 e. The summed E-state index contributed by atoms with van der Waals surface area (Å²) in [7, 11) is -3.80. The first kappa shape index (κ1) is 23.3. The Labute approximate surface area is 162 Å². The predicted molar refractivity (Wildman–Crippen MR) is 105 cm³/mol. The molecule has 0 fully saturated rings. The van der Waals surface area contributed by atoms with Crippen LogP contribution in [-0.2, 0) is 35.0 Å². The number of benzene rings is 1. The lowest BCUT2D eigenvalue weighted by Gasteiger charge is -2.25. The molecule has 152 valence electrons. The van der Waals surface area contributed by atoms with Crippen molar-refractivity contribution in [3.05, 3.63) is 48.0 Å². The van der Waals surface area contributed by atoms with Crippen LogP contribution in [0.4, 0.5) is 0 Å². The van der Waals surface area contributed by atoms with E-state index in [9.17, 15) is 13.2 Å². The van der Waals surface area contributed by atoms with Crippen LogP contribution in [0.25, 0.3) is 0 Å². The summed E-state index contributed by atoms with van der Waals surface area (Å²) in [6.07, 6.45) is 4.28. The summed E-state index contributed by atoms with van der Waals surface area (Å²) in [5.41, 5.74) is 0.832. The first-order valence-electron chi connectivity index (χ1n) is 9.12. The van der Waals surface area contributed by atoms with Crippen LogP contribution in [0.5, 0.6) is 0 Å². The van der Waals surface area contributed by atoms with E-state index in [-0.39, 0.29) is 19.1 Å². The monoisotopic (exact) mass is 398 g/mol. The Hall–Kier alpha value is -1.70. The summed E-state index contributed by atoms with van der Waals surface area (Å²) in [5.74, 6) is -0.640. The molecule has 0 bridgehead atoms. The highest BCUT2D eigenvalue weighted by Gasteiger charge is 2.34. The average molecular weight is 399 g/mol. The lowest BCUT2D eigenvalue weighted by molar-refractivity contribution is -0.166. The molecule has 0 N–H and O–H groups in total. The van der Waals surface area contributed by atoms with Crippen molar-refractivity contribution >= 4 is 16.1 Å². The van der Waals surface area contributed by atoms with Crippen LogP contribution in [0.2, 0.25) is 0 Å². The molecule has 7 heteroatoms.